The molecule has 2 aromatic heterocycles. The van der Waals surface area contributed by atoms with E-state index in [2.05, 4.69) is 19.9 Å². The number of aliphatic hydroxyl groups excluding tert-OH is 2. The number of rotatable bonds is 3. The summed E-state index contributed by atoms with van der Waals surface area (Å²) >= 11 is 0. The van der Waals surface area contributed by atoms with Crippen molar-refractivity contribution in [2.24, 2.45) is 5.92 Å². The van der Waals surface area contributed by atoms with Gasteiger partial charge in [-0.2, -0.15) is 0 Å². The van der Waals surface area contributed by atoms with Crippen molar-refractivity contribution in [2.45, 2.75) is 31.1 Å². The van der Waals surface area contributed by atoms with Gasteiger partial charge in [0.1, 0.15) is 24.1 Å². The van der Waals surface area contributed by atoms with Crippen molar-refractivity contribution in [1.29, 1.82) is 0 Å². The standard InChI is InChI=1S/C21H23N7O2/c22-19-14-5-6-28(20(14)26-10-25-19)16-8-12(17(29)18(16)30)3-1-11-2-4-13-9-24-21(23)27-15(13)7-11/h1-4,7,9-10,12,16-18,29-30H,5-6,8H2,(H2,22,25,26)(H2,23,24,27)/b3-1+/t12?,16?,17-,18?/m1/s1. The lowest BCUT2D eigenvalue weighted by Gasteiger charge is -2.28. The molecule has 1 aliphatic heterocycles. The summed E-state index contributed by atoms with van der Waals surface area (Å²) in [4.78, 5) is 18.7. The summed E-state index contributed by atoms with van der Waals surface area (Å²) in [5.74, 6) is 1.29. The zero-order valence-electron chi connectivity index (χ0n) is 16.3. The van der Waals surface area contributed by atoms with E-state index in [1.54, 1.807) is 6.20 Å². The van der Waals surface area contributed by atoms with Crippen LogP contribution in [0.3, 0.4) is 0 Å². The molecule has 6 N–H and O–H groups in total. The fraction of sp³-hybridized carbons (Fsp3) is 0.333. The Kier molecular flexibility index (Phi) is 4.48. The average molecular weight is 405 g/mol. The first-order valence-electron chi connectivity index (χ1n) is 9.94. The van der Waals surface area contributed by atoms with Gasteiger partial charge in [0.15, 0.2) is 0 Å². The van der Waals surface area contributed by atoms with E-state index >= 15 is 0 Å². The molecule has 3 unspecified atom stereocenters. The number of anilines is 3. The lowest BCUT2D eigenvalue weighted by atomic mass is 10.0. The predicted octanol–water partition coefficient (Wildman–Crippen LogP) is 0.770. The summed E-state index contributed by atoms with van der Waals surface area (Å²) in [6.07, 6.45) is 6.66. The van der Waals surface area contributed by atoms with Crippen molar-refractivity contribution in [3.8, 4) is 0 Å². The molecular weight excluding hydrogens is 382 g/mol. The van der Waals surface area contributed by atoms with Gasteiger partial charge in [0.2, 0.25) is 5.95 Å². The Balaban J connectivity index is 1.36. The largest absolute Gasteiger partial charge is 0.390 e. The highest BCUT2D eigenvalue weighted by atomic mass is 16.3. The Labute approximate surface area is 173 Å². The van der Waals surface area contributed by atoms with Crippen molar-refractivity contribution in [2.75, 3.05) is 22.9 Å². The minimum Gasteiger partial charge on any atom is -0.390 e. The molecule has 0 spiro atoms. The van der Waals surface area contributed by atoms with Gasteiger partial charge in [-0.05, 0) is 24.5 Å². The predicted molar refractivity (Wildman–Crippen MR) is 114 cm³/mol. The number of nitrogen functional groups attached to an aromatic ring is 2. The third-order valence-corrected chi connectivity index (χ3v) is 6.09. The van der Waals surface area contributed by atoms with E-state index < -0.39 is 12.2 Å². The van der Waals surface area contributed by atoms with Crippen LogP contribution in [-0.2, 0) is 6.42 Å². The van der Waals surface area contributed by atoms with Gasteiger partial charge in [-0.25, -0.2) is 19.9 Å². The summed E-state index contributed by atoms with van der Waals surface area (Å²) in [6, 6.07) is 5.59. The van der Waals surface area contributed by atoms with Crippen molar-refractivity contribution in [3.63, 3.8) is 0 Å². The van der Waals surface area contributed by atoms with E-state index in [1.165, 1.54) is 6.33 Å². The monoisotopic (exact) mass is 405 g/mol. The smallest absolute Gasteiger partial charge is 0.220 e. The van der Waals surface area contributed by atoms with Gasteiger partial charge >= 0.3 is 0 Å². The summed E-state index contributed by atoms with van der Waals surface area (Å²) in [7, 11) is 0. The van der Waals surface area contributed by atoms with Gasteiger partial charge in [0.25, 0.3) is 0 Å². The number of nitrogens with zero attached hydrogens (tertiary/aromatic N) is 5. The SMILES string of the molecule is Nc1ncc2ccc(/C=C/C3CC(N4CCc5c(N)ncnc54)C(O)[C@@H]3O)cc2n1. The summed E-state index contributed by atoms with van der Waals surface area (Å²) in [5, 5.41) is 22.3. The van der Waals surface area contributed by atoms with Crippen LogP contribution in [0.5, 0.6) is 0 Å². The fourth-order valence-electron chi connectivity index (χ4n) is 4.50. The van der Waals surface area contributed by atoms with Crippen LogP contribution >= 0.6 is 0 Å². The highest BCUT2D eigenvalue weighted by molar-refractivity contribution is 5.81. The second-order valence-electron chi connectivity index (χ2n) is 7.86. The van der Waals surface area contributed by atoms with Crippen molar-refractivity contribution >= 4 is 34.6 Å². The molecule has 154 valence electrons. The molecule has 5 rings (SSSR count). The van der Waals surface area contributed by atoms with E-state index in [-0.39, 0.29) is 17.9 Å². The van der Waals surface area contributed by atoms with Crippen LogP contribution in [0.15, 0.2) is 36.8 Å². The molecule has 9 nitrogen and oxygen atoms in total. The first kappa shape index (κ1) is 18.7. The molecule has 3 heterocycles. The molecule has 2 aliphatic rings. The Bertz CT molecular complexity index is 1140. The minimum absolute atomic E-state index is 0.181. The second kappa shape index (κ2) is 7.19. The third-order valence-electron chi connectivity index (χ3n) is 6.09. The van der Waals surface area contributed by atoms with Gasteiger partial charge in [-0.15, -0.1) is 0 Å². The van der Waals surface area contributed by atoms with Crippen LogP contribution < -0.4 is 16.4 Å². The molecule has 4 atom stereocenters. The molecule has 3 aromatic rings. The van der Waals surface area contributed by atoms with E-state index in [1.807, 2.05) is 35.3 Å². The first-order chi connectivity index (χ1) is 14.5. The van der Waals surface area contributed by atoms with Gasteiger partial charge in [-0.3, -0.25) is 0 Å². The minimum atomic E-state index is -0.870. The lowest BCUT2D eigenvalue weighted by molar-refractivity contribution is 0.0229. The molecule has 1 aliphatic carbocycles. The van der Waals surface area contributed by atoms with Crippen molar-refractivity contribution < 1.29 is 10.2 Å². The zero-order valence-corrected chi connectivity index (χ0v) is 16.3. The topological polar surface area (TPSA) is 147 Å². The van der Waals surface area contributed by atoms with Crippen LogP contribution in [0.25, 0.3) is 17.0 Å². The van der Waals surface area contributed by atoms with Crippen molar-refractivity contribution in [1.82, 2.24) is 19.9 Å². The molecule has 0 amide bonds. The van der Waals surface area contributed by atoms with Crippen LogP contribution in [0.2, 0.25) is 0 Å². The number of aromatic nitrogens is 4. The van der Waals surface area contributed by atoms with E-state index in [0.717, 1.165) is 34.3 Å². The molecule has 0 saturated heterocycles. The van der Waals surface area contributed by atoms with Crippen LogP contribution in [-0.4, -0.2) is 54.9 Å². The Morgan fingerprint density at radius 2 is 1.97 bits per heavy atom. The fourth-order valence-corrected chi connectivity index (χ4v) is 4.50. The molecule has 1 aromatic carbocycles. The van der Waals surface area contributed by atoms with Crippen molar-refractivity contribution in [3.05, 3.63) is 47.9 Å². The molecule has 30 heavy (non-hydrogen) atoms. The van der Waals surface area contributed by atoms with E-state index in [9.17, 15) is 10.2 Å². The van der Waals surface area contributed by atoms with Crippen LogP contribution in [0.1, 0.15) is 17.5 Å². The molecule has 9 heteroatoms. The number of hydrogen-bond donors (Lipinski definition) is 4. The zero-order chi connectivity index (χ0) is 20.8. The number of hydrogen-bond acceptors (Lipinski definition) is 9. The maximum absolute atomic E-state index is 10.7. The molecule has 0 bridgehead atoms. The second-order valence-corrected chi connectivity index (χ2v) is 7.86. The van der Waals surface area contributed by atoms with Gasteiger partial charge in [0, 0.05) is 29.6 Å². The van der Waals surface area contributed by atoms with Gasteiger partial charge < -0.3 is 26.6 Å². The highest BCUT2D eigenvalue weighted by Crippen LogP contribution is 2.38. The number of nitrogens with two attached hydrogens (primary N) is 2. The average Bonchev–Trinajstić information content (AvgIpc) is 3.29. The Hall–Kier alpha value is -3.30. The number of benzene rings is 1. The number of fused-ring (bicyclic) bond motifs is 2. The summed E-state index contributed by atoms with van der Waals surface area (Å²) in [6.45, 7) is 0.703. The van der Waals surface area contributed by atoms with E-state index in [0.29, 0.717) is 18.8 Å². The summed E-state index contributed by atoms with van der Waals surface area (Å²) < 4.78 is 0. The third kappa shape index (κ3) is 3.12. The first-order valence-corrected chi connectivity index (χ1v) is 9.94. The molecule has 1 fully saturated rings. The Morgan fingerprint density at radius 3 is 2.83 bits per heavy atom. The number of aliphatic hydroxyl groups is 2. The molecule has 1 saturated carbocycles. The molecular formula is C21H23N7O2. The van der Waals surface area contributed by atoms with Gasteiger partial charge in [0.05, 0.1) is 17.7 Å². The highest BCUT2D eigenvalue weighted by Gasteiger charge is 2.45. The normalized spacial score (nSPS) is 26.0. The quantitative estimate of drug-likeness (QED) is 0.496. The van der Waals surface area contributed by atoms with Gasteiger partial charge in [-0.1, -0.05) is 24.3 Å². The maximum atomic E-state index is 10.7. The molecule has 0 radical (unpaired) electrons. The summed E-state index contributed by atoms with van der Waals surface area (Å²) in [5.41, 5.74) is 14.3. The van der Waals surface area contributed by atoms with Crippen LogP contribution in [0, 0.1) is 5.92 Å². The maximum Gasteiger partial charge on any atom is 0.220 e. The van der Waals surface area contributed by atoms with Crippen LogP contribution in [0.4, 0.5) is 17.6 Å². The Morgan fingerprint density at radius 1 is 1.10 bits per heavy atom. The lowest BCUT2D eigenvalue weighted by Crippen LogP contribution is -2.43. The van der Waals surface area contributed by atoms with E-state index in [4.69, 9.17) is 11.5 Å².